The summed E-state index contributed by atoms with van der Waals surface area (Å²) in [5, 5.41) is 7.87. The summed E-state index contributed by atoms with van der Waals surface area (Å²) in [6, 6.07) is 21.6. The SMILES string of the molecule is C[C@@H](OC(=O)c1ccccc1Oc1ccccc1)c1nnc(-c2ccc(F)cc2)o1. The van der Waals surface area contributed by atoms with Gasteiger partial charge in [-0.15, -0.1) is 10.2 Å². The van der Waals surface area contributed by atoms with Crippen LogP contribution in [0.1, 0.15) is 29.3 Å². The molecule has 4 rings (SSSR count). The zero-order valence-corrected chi connectivity index (χ0v) is 16.0. The maximum absolute atomic E-state index is 13.1. The summed E-state index contributed by atoms with van der Waals surface area (Å²) < 4.78 is 30.0. The van der Waals surface area contributed by atoms with Gasteiger partial charge in [0.1, 0.15) is 22.9 Å². The highest BCUT2D eigenvalue weighted by Crippen LogP contribution is 2.28. The summed E-state index contributed by atoms with van der Waals surface area (Å²) >= 11 is 0. The van der Waals surface area contributed by atoms with Crippen LogP contribution in [-0.2, 0) is 4.74 Å². The van der Waals surface area contributed by atoms with E-state index in [1.165, 1.54) is 24.3 Å². The Hall–Kier alpha value is -4.00. The predicted octanol–water partition coefficient (Wildman–Crippen LogP) is 5.59. The second-order valence-corrected chi connectivity index (χ2v) is 6.41. The topological polar surface area (TPSA) is 74.5 Å². The number of carbonyl (C=O) groups excluding carboxylic acids is 1. The quantitative estimate of drug-likeness (QED) is 0.390. The van der Waals surface area contributed by atoms with Crippen molar-refractivity contribution in [2.24, 2.45) is 0 Å². The number of hydrogen-bond donors (Lipinski definition) is 0. The van der Waals surface area contributed by atoms with Crippen molar-refractivity contribution in [2.75, 3.05) is 0 Å². The van der Waals surface area contributed by atoms with Gasteiger partial charge in [0.05, 0.1) is 0 Å². The molecule has 1 atom stereocenters. The molecule has 0 N–H and O–H groups in total. The highest BCUT2D eigenvalue weighted by Gasteiger charge is 2.22. The standard InChI is InChI=1S/C23H17FN2O4/c1-15(21-25-26-22(30-21)16-11-13-17(24)14-12-16)28-23(27)19-9-5-6-10-20(19)29-18-7-3-2-4-8-18/h2-15H,1H3/t15-/m1/s1. The van der Waals surface area contributed by atoms with E-state index in [-0.39, 0.29) is 23.2 Å². The summed E-state index contributed by atoms with van der Waals surface area (Å²) in [6.45, 7) is 1.63. The number of nitrogens with zero attached hydrogens (tertiary/aromatic N) is 2. The van der Waals surface area contributed by atoms with Crippen LogP contribution >= 0.6 is 0 Å². The van der Waals surface area contributed by atoms with Crippen molar-refractivity contribution in [1.29, 1.82) is 0 Å². The minimum atomic E-state index is -0.788. The first kappa shape index (κ1) is 19.3. The van der Waals surface area contributed by atoms with Gasteiger partial charge >= 0.3 is 5.97 Å². The lowest BCUT2D eigenvalue weighted by atomic mass is 10.2. The minimum Gasteiger partial charge on any atom is -0.456 e. The molecule has 0 saturated carbocycles. The maximum atomic E-state index is 13.1. The van der Waals surface area contributed by atoms with Gasteiger partial charge in [0.25, 0.3) is 5.89 Å². The fourth-order valence-electron chi connectivity index (χ4n) is 2.72. The summed E-state index contributed by atoms with van der Waals surface area (Å²) in [6.07, 6.45) is -0.788. The predicted molar refractivity (Wildman–Crippen MR) is 106 cm³/mol. The van der Waals surface area contributed by atoms with E-state index < -0.39 is 12.1 Å². The highest BCUT2D eigenvalue weighted by molar-refractivity contribution is 5.92. The van der Waals surface area contributed by atoms with E-state index in [9.17, 15) is 9.18 Å². The number of benzene rings is 3. The number of aromatic nitrogens is 2. The molecule has 0 unspecified atom stereocenters. The minimum absolute atomic E-state index is 0.129. The van der Waals surface area contributed by atoms with Crippen molar-refractivity contribution < 1.29 is 23.1 Å². The van der Waals surface area contributed by atoms with Crippen LogP contribution in [0.3, 0.4) is 0 Å². The highest BCUT2D eigenvalue weighted by atomic mass is 19.1. The van der Waals surface area contributed by atoms with Crippen molar-refractivity contribution in [1.82, 2.24) is 10.2 Å². The van der Waals surface area contributed by atoms with Gasteiger partial charge in [-0.05, 0) is 55.5 Å². The Morgan fingerprint density at radius 1 is 0.933 bits per heavy atom. The summed E-state index contributed by atoms with van der Waals surface area (Å²) in [5.74, 6) is 0.364. The van der Waals surface area contributed by atoms with Crippen LogP contribution in [-0.4, -0.2) is 16.2 Å². The lowest BCUT2D eigenvalue weighted by Gasteiger charge is -2.13. The van der Waals surface area contributed by atoms with Crippen LogP contribution in [0.4, 0.5) is 4.39 Å². The summed E-state index contributed by atoms with van der Waals surface area (Å²) in [4.78, 5) is 12.7. The van der Waals surface area contributed by atoms with E-state index in [2.05, 4.69) is 10.2 Å². The van der Waals surface area contributed by atoms with Crippen LogP contribution in [0.2, 0.25) is 0 Å². The van der Waals surface area contributed by atoms with E-state index >= 15 is 0 Å². The van der Waals surface area contributed by atoms with Crippen LogP contribution in [0.5, 0.6) is 11.5 Å². The number of halogens is 1. The molecule has 0 saturated heterocycles. The summed E-state index contributed by atoms with van der Waals surface area (Å²) in [7, 11) is 0. The zero-order valence-electron chi connectivity index (χ0n) is 16.0. The van der Waals surface area contributed by atoms with Crippen LogP contribution < -0.4 is 4.74 Å². The molecule has 3 aromatic carbocycles. The van der Waals surface area contributed by atoms with E-state index in [1.54, 1.807) is 43.3 Å². The molecule has 6 nitrogen and oxygen atoms in total. The number of ether oxygens (including phenoxy) is 2. The molecular formula is C23H17FN2O4. The molecule has 0 fully saturated rings. The number of hydrogen-bond acceptors (Lipinski definition) is 6. The van der Waals surface area contributed by atoms with E-state index in [0.717, 1.165) is 0 Å². The summed E-state index contributed by atoms with van der Waals surface area (Å²) in [5.41, 5.74) is 0.835. The van der Waals surface area contributed by atoms with Gasteiger partial charge < -0.3 is 13.9 Å². The lowest BCUT2D eigenvalue weighted by Crippen LogP contribution is -2.10. The van der Waals surface area contributed by atoms with Crippen LogP contribution in [0.15, 0.2) is 83.3 Å². The third-order valence-corrected chi connectivity index (χ3v) is 4.24. The molecule has 0 aliphatic carbocycles. The van der Waals surface area contributed by atoms with Crippen molar-refractivity contribution in [3.05, 3.63) is 96.1 Å². The molecule has 0 amide bonds. The second kappa shape index (κ2) is 8.57. The molecule has 0 aliphatic heterocycles. The molecule has 0 aliphatic rings. The van der Waals surface area contributed by atoms with Gasteiger partial charge in [0, 0.05) is 5.56 Å². The van der Waals surface area contributed by atoms with Gasteiger partial charge in [-0.25, -0.2) is 9.18 Å². The van der Waals surface area contributed by atoms with Crippen molar-refractivity contribution in [3.8, 4) is 23.0 Å². The molecule has 0 radical (unpaired) electrons. The molecule has 0 bridgehead atoms. The van der Waals surface area contributed by atoms with E-state index in [1.807, 2.05) is 18.2 Å². The Morgan fingerprint density at radius 3 is 2.40 bits per heavy atom. The molecule has 150 valence electrons. The maximum Gasteiger partial charge on any atom is 0.342 e. The Bertz CT molecular complexity index is 1140. The zero-order chi connectivity index (χ0) is 20.9. The number of carbonyl (C=O) groups is 1. The normalized spacial score (nSPS) is 11.7. The van der Waals surface area contributed by atoms with Crippen LogP contribution in [0, 0.1) is 5.82 Å². The lowest BCUT2D eigenvalue weighted by molar-refractivity contribution is 0.0277. The molecule has 4 aromatic rings. The first-order valence-electron chi connectivity index (χ1n) is 9.22. The Balaban J connectivity index is 1.49. The Kier molecular flexibility index (Phi) is 5.52. The van der Waals surface area contributed by atoms with Crippen molar-refractivity contribution in [3.63, 3.8) is 0 Å². The third kappa shape index (κ3) is 4.35. The van der Waals surface area contributed by atoms with Gasteiger partial charge in [0.2, 0.25) is 5.89 Å². The second-order valence-electron chi connectivity index (χ2n) is 6.41. The van der Waals surface area contributed by atoms with Crippen molar-refractivity contribution >= 4 is 5.97 Å². The van der Waals surface area contributed by atoms with Gasteiger partial charge in [0.15, 0.2) is 6.10 Å². The third-order valence-electron chi connectivity index (χ3n) is 4.24. The van der Waals surface area contributed by atoms with E-state index in [0.29, 0.717) is 17.1 Å². The number of esters is 1. The largest absolute Gasteiger partial charge is 0.456 e. The van der Waals surface area contributed by atoms with Crippen LogP contribution in [0.25, 0.3) is 11.5 Å². The fourth-order valence-corrected chi connectivity index (χ4v) is 2.72. The molecule has 30 heavy (non-hydrogen) atoms. The van der Waals surface area contributed by atoms with Crippen molar-refractivity contribution in [2.45, 2.75) is 13.0 Å². The fraction of sp³-hybridized carbons (Fsp3) is 0.0870. The smallest absolute Gasteiger partial charge is 0.342 e. The number of para-hydroxylation sites is 2. The average Bonchev–Trinajstić information content (AvgIpc) is 3.26. The monoisotopic (exact) mass is 404 g/mol. The first-order valence-corrected chi connectivity index (χ1v) is 9.22. The van der Waals surface area contributed by atoms with E-state index in [4.69, 9.17) is 13.9 Å². The molecule has 1 heterocycles. The number of rotatable bonds is 6. The Labute approximate surface area is 171 Å². The molecule has 0 spiro atoms. The first-order chi connectivity index (χ1) is 14.6. The average molecular weight is 404 g/mol. The Morgan fingerprint density at radius 2 is 1.63 bits per heavy atom. The van der Waals surface area contributed by atoms with Gasteiger partial charge in [-0.2, -0.15) is 0 Å². The van der Waals surface area contributed by atoms with Gasteiger partial charge in [-0.3, -0.25) is 0 Å². The molecule has 1 aromatic heterocycles. The molecule has 7 heteroatoms. The molecular weight excluding hydrogens is 387 g/mol. The van der Waals surface area contributed by atoms with Gasteiger partial charge in [-0.1, -0.05) is 30.3 Å².